The van der Waals surface area contributed by atoms with Gasteiger partial charge in [-0.05, 0) is 69.2 Å². The van der Waals surface area contributed by atoms with E-state index in [1.54, 1.807) is 52.1 Å². The third-order valence-electron chi connectivity index (χ3n) is 5.67. The van der Waals surface area contributed by atoms with Gasteiger partial charge in [0.1, 0.15) is 23.7 Å². The molecule has 3 N–H and O–H groups in total. The fourth-order valence-electron chi connectivity index (χ4n) is 3.69. The molecule has 1 aliphatic rings. The van der Waals surface area contributed by atoms with Gasteiger partial charge in [0.2, 0.25) is 5.90 Å². The van der Waals surface area contributed by atoms with Crippen LogP contribution in [0.3, 0.4) is 0 Å². The Kier molecular flexibility index (Phi) is 10.1. The van der Waals surface area contributed by atoms with E-state index in [0.717, 1.165) is 11.3 Å². The van der Waals surface area contributed by atoms with Crippen LogP contribution in [0.1, 0.15) is 51.2 Å². The highest BCUT2D eigenvalue weighted by atomic mass is 16.6. The van der Waals surface area contributed by atoms with E-state index in [2.05, 4.69) is 15.8 Å². The summed E-state index contributed by atoms with van der Waals surface area (Å²) in [7, 11) is 1.60. The molecule has 1 heterocycles. The van der Waals surface area contributed by atoms with Crippen molar-refractivity contribution in [3.05, 3.63) is 59.7 Å². The second-order valence-corrected chi connectivity index (χ2v) is 9.93. The van der Waals surface area contributed by atoms with Crippen LogP contribution in [0.2, 0.25) is 0 Å². The van der Waals surface area contributed by atoms with Crippen LogP contribution in [0.25, 0.3) is 0 Å². The first-order valence-electron chi connectivity index (χ1n) is 12.6. The van der Waals surface area contributed by atoms with Gasteiger partial charge in [-0.3, -0.25) is 15.0 Å². The van der Waals surface area contributed by atoms with Gasteiger partial charge in [-0.15, -0.1) is 0 Å². The molecule has 2 aromatic carbocycles. The van der Waals surface area contributed by atoms with Crippen LogP contribution in [-0.4, -0.2) is 61.0 Å². The molecule has 0 aromatic heterocycles. The van der Waals surface area contributed by atoms with Crippen LogP contribution in [0.15, 0.2) is 53.5 Å². The van der Waals surface area contributed by atoms with E-state index in [0.29, 0.717) is 36.8 Å². The van der Waals surface area contributed by atoms with Gasteiger partial charge < -0.3 is 24.1 Å². The lowest BCUT2D eigenvalue weighted by molar-refractivity contribution is -0.155. The molecule has 0 spiro atoms. The Balaban J connectivity index is 1.71. The van der Waals surface area contributed by atoms with Gasteiger partial charge in [0.15, 0.2) is 5.54 Å². The number of amides is 1. The smallest absolute Gasteiger partial charge is 0.306 e. The average molecular weight is 528 g/mol. The van der Waals surface area contributed by atoms with Crippen molar-refractivity contribution in [2.24, 2.45) is 4.99 Å². The zero-order chi connectivity index (χ0) is 27.6. The van der Waals surface area contributed by atoms with Gasteiger partial charge in [0.05, 0.1) is 13.7 Å². The zero-order valence-electron chi connectivity index (χ0n) is 22.4. The molecule has 1 amide bonds. The van der Waals surface area contributed by atoms with Gasteiger partial charge in [-0.2, -0.15) is 0 Å². The lowest BCUT2D eigenvalue weighted by Gasteiger charge is -2.24. The molecule has 0 saturated heterocycles. The molecule has 0 radical (unpaired) electrons. The summed E-state index contributed by atoms with van der Waals surface area (Å²) in [5.74, 6) is 0.880. The molecule has 2 aromatic rings. The molecule has 0 fully saturated rings. The van der Waals surface area contributed by atoms with Gasteiger partial charge in [0, 0.05) is 31.6 Å². The predicted molar refractivity (Wildman–Crippen MR) is 142 cm³/mol. The number of aliphatic hydroxyl groups excluding tert-OH is 1. The van der Waals surface area contributed by atoms with Crippen LogP contribution in [0, 0.1) is 0 Å². The summed E-state index contributed by atoms with van der Waals surface area (Å²) >= 11 is 0. The van der Waals surface area contributed by atoms with E-state index in [9.17, 15) is 9.59 Å². The Bertz CT molecular complexity index is 1090. The van der Waals surface area contributed by atoms with Crippen molar-refractivity contribution < 1.29 is 33.6 Å². The maximum Gasteiger partial charge on any atom is 0.306 e. The Morgan fingerprint density at radius 1 is 1.08 bits per heavy atom. The third-order valence-corrected chi connectivity index (χ3v) is 5.67. The largest absolute Gasteiger partial charge is 0.497 e. The molecular weight excluding hydrogens is 490 g/mol. The summed E-state index contributed by atoms with van der Waals surface area (Å²) in [5.41, 5.74) is 5.35. The minimum atomic E-state index is -1.31. The van der Waals surface area contributed by atoms with Crippen LogP contribution in [0.5, 0.6) is 11.5 Å². The topological polar surface area (TPSA) is 128 Å². The third kappa shape index (κ3) is 8.46. The van der Waals surface area contributed by atoms with Crippen molar-refractivity contribution in [2.45, 2.75) is 57.7 Å². The number of carbonyl (C=O) groups excluding carboxylic acids is 2. The van der Waals surface area contributed by atoms with Gasteiger partial charge in [-0.1, -0.05) is 12.1 Å². The molecule has 0 saturated carbocycles. The maximum atomic E-state index is 13.4. The normalized spacial score (nSPS) is 16.8. The highest BCUT2D eigenvalue weighted by Gasteiger charge is 2.45. The standard InChI is InChI=1S/C28H37N3O7/c1-27(2,3)38-24(33)14-15-28(26(34)31-29-18-20-6-10-22(35-4)11-7-20)19-37-25(30-28)21-8-12-23(13-9-21)36-17-5-16-32/h6-13,29,32H,5,14-19H2,1-4H3,(H,31,34)/t28-/m0/s1. The highest BCUT2D eigenvalue weighted by Crippen LogP contribution is 2.28. The quantitative estimate of drug-likeness (QED) is 0.206. The highest BCUT2D eigenvalue weighted by molar-refractivity contribution is 6.00. The van der Waals surface area contributed by atoms with E-state index < -0.39 is 23.0 Å². The minimum Gasteiger partial charge on any atom is -0.497 e. The number of aliphatic hydroxyl groups is 1. The summed E-state index contributed by atoms with van der Waals surface area (Å²) in [5, 5.41) is 8.91. The molecule has 1 aliphatic heterocycles. The van der Waals surface area contributed by atoms with Crippen molar-refractivity contribution in [3.8, 4) is 11.5 Å². The number of ether oxygens (including phenoxy) is 4. The number of methoxy groups -OCH3 is 1. The molecular formula is C28H37N3O7. The first kappa shape index (κ1) is 28.9. The van der Waals surface area contributed by atoms with E-state index in [1.807, 2.05) is 24.3 Å². The van der Waals surface area contributed by atoms with Gasteiger partial charge in [0.25, 0.3) is 5.91 Å². The van der Waals surface area contributed by atoms with E-state index in [-0.39, 0.29) is 26.1 Å². The molecule has 0 unspecified atom stereocenters. The molecule has 0 bridgehead atoms. The van der Waals surface area contributed by atoms with Crippen molar-refractivity contribution in [1.29, 1.82) is 0 Å². The molecule has 0 aliphatic carbocycles. The zero-order valence-corrected chi connectivity index (χ0v) is 22.4. The Labute approximate surface area is 223 Å². The first-order valence-corrected chi connectivity index (χ1v) is 12.6. The minimum absolute atomic E-state index is 0.000937. The summed E-state index contributed by atoms with van der Waals surface area (Å²) in [6.45, 7) is 6.21. The monoisotopic (exact) mass is 527 g/mol. The molecule has 38 heavy (non-hydrogen) atoms. The van der Waals surface area contributed by atoms with Crippen molar-refractivity contribution in [2.75, 3.05) is 26.9 Å². The molecule has 206 valence electrons. The number of hydrogen-bond acceptors (Lipinski definition) is 9. The SMILES string of the molecule is COc1ccc(CNNC(=O)[C@]2(CCC(=O)OC(C)(C)C)COC(c3ccc(OCCCO)cc3)=N2)cc1. The fourth-order valence-corrected chi connectivity index (χ4v) is 3.69. The first-order chi connectivity index (χ1) is 18.1. The molecule has 1 atom stereocenters. The van der Waals surface area contributed by atoms with Crippen molar-refractivity contribution >= 4 is 17.8 Å². The molecule has 10 nitrogen and oxygen atoms in total. The molecule has 10 heteroatoms. The fraction of sp³-hybridized carbons (Fsp3) is 0.464. The van der Waals surface area contributed by atoms with Crippen molar-refractivity contribution in [3.63, 3.8) is 0 Å². The van der Waals surface area contributed by atoms with E-state index >= 15 is 0 Å². The summed E-state index contributed by atoms with van der Waals surface area (Å²) < 4.78 is 22.0. The number of hydrazine groups is 1. The maximum absolute atomic E-state index is 13.4. The van der Waals surface area contributed by atoms with Crippen molar-refractivity contribution in [1.82, 2.24) is 10.9 Å². The van der Waals surface area contributed by atoms with E-state index in [4.69, 9.17) is 24.1 Å². The number of carbonyl (C=O) groups is 2. The number of rotatable bonds is 13. The Hall–Kier alpha value is -3.63. The predicted octanol–water partition coefficient (Wildman–Crippen LogP) is 2.91. The van der Waals surface area contributed by atoms with E-state index in [1.165, 1.54) is 0 Å². The second-order valence-electron chi connectivity index (χ2n) is 9.93. The summed E-state index contributed by atoms with van der Waals surface area (Å²) in [4.78, 5) is 30.4. The van der Waals surface area contributed by atoms with Gasteiger partial charge in [-0.25, -0.2) is 10.4 Å². The average Bonchev–Trinajstić information content (AvgIpc) is 3.33. The number of hydrogen-bond donors (Lipinski definition) is 3. The Morgan fingerprint density at radius 3 is 2.39 bits per heavy atom. The summed E-state index contributed by atoms with van der Waals surface area (Å²) in [6, 6.07) is 14.6. The van der Waals surface area contributed by atoms with Crippen LogP contribution >= 0.6 is 0 Å². The van der Waals surface area contributed by atoms with Gasteiger partial charge >= 0.3 is 5.97 Å². The number of nitrogens with one attached hydrogen (secondary N) is 2. The molecule has 3 rings (SSSR count). The number of nitrogens with zero attached hydrogens (tertiary/aromatic N) is 1. The van der Waals surface area contributed by atoms with Crippen LogP contribution < -0.4 is 20.3 Å². The lowest BCUT2D eigenvalue weighted by Crippen LogP contribution is -2.51. The number of aliphatic imine (C=N–C) groups is 1. The number of benzene rings is 2. The van der Waals surface area contributed by atoms with Crippen LogP contribution in [0.4, 0.5) is 0 Å². The summed E-state index contributed by atoms with van der Waals surface area (Å²) in [6.07, 6.45) is 0.657. The second kappa shape index (κ2) is 13.3. The Morgan fingerprint density at radius 2 is 1.76 bits per heavy atom. The van der Waals surface area contributed by atoms with Crippen LogP contribution in [-0.2, 0) is 25.6 Å². The number of esters is 1. The lowest BCUT2D eigenvalue weighted by atomic mass is 9.94.